The first-order valence-corrected chi connectivity index (χ1v) is 12.1. The number of benzene rings is 2. The van der Waals surface area contributed by atoms with Crippen molar-refractivity contribution in [2.45, 2.75) is 38.6 Å². The maximum absolute atomic E-state index is 12.6. The predicted molar refractivity (Wildman–Crippen MR) is 125 cm³/mol. The molecule has 1 heterocycles. The fourth-order valence-corrected chi connectivity index (χ4v) is 5.11. The van der Waals surface area contributed by atoms with Crippen LogP contribution in [0.5, 0.6) is 0 Å². The Morgan fingerprint density at radius 3 is 2.50 bits per heavy atom. The molecule has 0 saturated heterocycles. The number of nitrogens with one attached hydrogen (secondary N) is 3. The largest absolute Gasteiger partial charge is 0.464 e. The zero-order valence-corrected chi connectivity index (χ0v) is 19.7. The zero-order valence-electron chi connectivity index (χ0n) is 18.1. The van der Waals surface area contributed by atoms with Gasteiger partial charge in [0.2, 0.25) is 0 Å². The third kappa shape index (κ3) is 5.54. The lowest BCUT2D eigenvalue weighted by molar-refractivity contribution is -0.144. The molecule has 170 valence electrons. The fourth-order valence-electron chi connectivity index (χ4n) is 2.89. The van der Waals surface area contributed by atoms with Gasteiger partial charge in [0, 0.05) is 5.69 Å². The molecule has 0 aliphatic rings. The van der Waals surface area contributed by atoms with Gasteiger partial charge in [-0.15, -0.1) is 0 Å². The van der Waals surface area contributed by atoms with Crippen LogP contribution >= 0.6 is 11.3 Å². The molecule has 0 aliphatic carbocycles. The van der Waals surface area contributed by atoms with Crippen molar-refractivity contribution in [3.63, 3.8) is 0 Å². The molecule has 0 unspecified atom stereocenters. The predicted octanol–water partition coefficient (Wildman–Crippen LogP) is 3.79. The van der Waals surface area contributed by atoms with Crippen molar-refractivity contribution in [3.05, 3.63) is 47.5 Å². The minimum atomic E-state index is -3.77. The quantitative estimate of drug-likeness (QED) is 0.446. The smallest absolute Gasteiger partial charge is 0.328 e. The lowest BCUT2D eigenvalue weighted by atomic mass is 10.2. The number of carbonyl (C=O) groups is 2. The van der Waals surface area contributed by atoms with Crippen LogP contribution in [0.15, 0.2) is 41.3 Å². The Bertz CT molecular complexity index is 1250. The number of nitrogens with zero attached hydrogens (tertiary/aromatic N) is 1. The Kier molecular flexibility index (Phi) is 6.99. The summed E-state index contributed by atoms with van der Waals surface area (Å²) in [5, 5.41) is 5.41. The molecule has 1 atom stereocenters. The van der Waals surface area contributed by atoms with Gasteiger partial charge in [-0.2, -0.15) is 0 Å². The van der Waals surface area contributed by atoms with E-state index in [-0.39, 0.29) is 16.6 Å². The summed E-state index contributed by atoms with van der Waals surface area (Å²) >= 11 is 1.16. The molecule has 0 saturated carbocycles. The molecule has 32 heavy (non-hydrogen) atoms. The average molecular weight is 477 g/mol. The molecule has 0 radical (unpaired) electrons. The number of urea groups is 1. The number of rotatable bonds is 7. The van der Waals surface area contributed by atoms with Gasteiger partial charge < -0.3 is 15.4 Å². The van der Waals surface area contributed by atoms with E-state index in [0.717, 1.165) is 22.5 Å². The molecular weight excluding hydrogens is 452 g/mol. The third-order valence-electron chi connectivity index (χ3n) is 4.48. The van der Waals surface area contributed by atoms with Crippen LogP contribution in [0.4, 0.5) is 15.6 Å². The number of aromatic nitrogens is 1. The summed E-state index contributed by atoms with van der Waals surface area (Å²) in [6, 6.07) is 8.57. The van der Waals surface area contributed by atoms with Crippen molar-refractivity contribution in [2.75, 3.05) is 16.6 Å². The van der Waals surface area contributed by atoms with Gasteiger partial charge in [-0.1, -0.05) is 29.0 Å². The second-order valence-electron chi connectivity index (χ2n) is 7.15. The molecular formula is C21H24N4O5S2. The van der Waals surface area contributed by atoms with Crippen molar-refractivity contribution in [1.29, 1.82) is 0 Å². The van der Waals surface area contributed by atoms with E-state index in [1.54, 1.807) is 31.2 Å². The van der Waals surface area contributed by atoms with Crippen LogP contribution < -0.4 is 15.4 Å². The van der Waals surface area contributed by atoms with Crippen LogP contribution in [0, 0.1) is 13.8 Å². The summed E-state index contributed by atoms with van der Waals surface area (Å²) in [5.41, 5.74) is 2.83. The number of fused-ring (bicyclic) bond motifs is 1. The monoisotopic (exact) mass is 476 g/mol. The third-order valence-corrected chi connectivity index (χ3v) is 6.89. The molecule has 0 spiro atoms. The molecule has 9 nitrogen and oxygen atoms in total. The summed E-state index contributed by atoms with van der Waals surface area (Å²) in [6.07, 6.45) is 0. The van der Waals surface area contributed by atoms with Crippen molar-refractivity contribution in [2.24, 2.45) is 0 Å². The van der Waals surface area contributed by atoms with E-state index in [0.29, 0.717) is 15.9 Å². The number of aryl methyl sites for hydroxylation is 2. The molecule has 0 bridgehead atoms. The lowest BCUT2D eigenvalue weighted by Gasteiger charge is -2.13. The number of hydrogen-bond donors (Lipinski definition) is 3. The van der Waals surface area contributed by atoms with E-state index in [2.05, 4.69) is 20.3 Å². The Balaban J connectivity index is 1.77. The molecule has 3 rings (SSSR count). The number of ether oxygens (including phenoxy) is 1. The van der Waals surface area contributed by atoms with E-state index in [1.165, 1.54) is 19.1 Å². The number of thiazole rings is 1. The highest BCUT2D eigenvalue weighted by atomic mass is 32.2. The lowest BCUT2D eigenvalue weighted by Crippen LogP contribution is -2.41. The molecule has 11 heteroatoms. The van der Waals surface area contributed by atoms with Crippen LogP contribution in [-0.4, -0.2) is 38.1 Å². The minimum Gasteiger partial charge on any atom is -0.464 e. The van der Waals surface area contributed by atoms with Gasteiger partial charge in [0.1, 0.15) is 6.04 Å². The number of carbonyl (C=O) groups excluding carboxylic acids is 2. The van der Waals surface area contributed by atoms with Gasteiger partial charge in [0.25, 0.3) is 10.0 Å². The van der Waals surface area contributed by atoms with E-state index in [4.69, 9.17) is 4.74 Å². The number of amides is 2. The Labute approximate surface area is 190 Å². The number of esters is 1. The van der Waals surface area contributed by atoms with Crippen LogP contribution in [0.1, 0.15) is 25.0 Å². The van der Waals surface area contributed by atoms with E-state index in [9.17, 15) is 18.0 Å². The molecule has 2 amide bonds. The topological polar surface area (TPSA) is 126 Å². The fraction of sp³-hybridized carbons (Fsp3) is 0.286. The molecule has 3 aromatic rings. The second kappa shape index (κ2) is 9.53. The van der Waals surface area contributed by atoms with Crippen LogP contribution in [-0.2, 0) is 19.6 Å². The van der Waals surface area contributed by atoms with Crippen molar-refractivity contribution < 1.29 is 22.7 Å². The Morgan fingerprint density at radius 2 is 1.84 bits per heavy atom. The van der Waals surface area contributed by atoms with Gasteiger partial charge in [0.15, 0.2) is 5.13 Å². The van der Waals surface area contributed by atoms with Crippen molar-refractivity contribution in [3.8, 4) is 0 Å². The summed E-state index contributed by atoms with van der Waals surface area (Å²) in [4.78, 5) is 28.4. The normalized spacial score (nSPS) is 12.2. The van der Waals surface area contributed by atoms with E-state index < -0.39 is 28.1 Å². The molecule has 1 aromatic heterocycles. The molecule has 0 fully saturated rings. The first kappa shape index (κ1) is 23.5. The second-order valence-corrected chi connectivity index (χ2v) is 9.86. The van der Waals surface area contributed by atoms with Crippen molar-refractivity contribution in [1.82, 2.24) is 10.3 Å². The van der Waals surface area contributed by atoms with E-state index in [1.807, 2.05) is 13.8 Å². The Morgan fingerprint density at radius 1 is 1.16 bits per heavy atom. The molecule has 0 aliphatic heterocycles. The first-order valence-electron chi connectivity index (χ1n) is 9.84. The SMILES string of the molecule is CCOC(=O)[C@@H](C)NC(=O)Nc1cc(C)c2nc(NS(=O)(=O)c3ccc(C)cc3)sc2c1. The average Bonchev–Trinajstić information content (AvgIpc) is 3.10. The summed E-state index contributed by atoms with van der Waals surface area (Å²) in [7, 11) is -3.77. The zero-order chi connectivity index (χ0) is 23.5. The van der Waals surface area contributed by atoms with E-state index >= 15 is 0 Å². The number of sulfonamides is 1. The highest BCUT2D eigenvalue weighted by Gasteiger charge is 2.19. The highest BCUT2D eigenvalue weighted by Crippen LogP contribution is 2.32. The van der Waals surface area contributed by atoms with Gasteiger partial charge in [-0.05, 0) is 57.5 Å². The van der Waals surface area contributed by atoms with Crippen LogP contribution in [0.25, 0.3) is 10.2 Å². The first-order chi connectivity index (χ1) is 15.1. The van der Waals surface area contributed by atoms with Crippen LogP contribution in [0.3, 0.4) is 0 Å². The Hall–Kier alpha value is -3.18. The maximum atomic E-state index is 12.6. The number of hydrogen-bond acceptors (Lipinski definition) is 7. The summed E-state index contributed by atoms with van der Waals surface area (Å²) < 4.78 is 33.4. The summed E-state index contributed by atoms with van der Waals surface area (Å²) in [6.45, 7) is 7.13. The standard InChI is InChI=1S/C21H24N4O5S2/c1-5-30-19(26)14(4)22-20(27)23-15-10-13(3)18-17(11-15)31-21(24-18)25-32(28,29)16-8-6-12(2)7-9-16/h6-11,14H,5H2,1-4H3,(H,24,25)(H2,22,23,27)/t14-/m1/s1. The van der Waals surface area contributed by atoms with Gasteiger partial charge in [-0.3, -0.25) is 4.72 Å². The van der Waals surface area contributed by atoms with Crippen LogP contribution in [0.2, 0.25) is 0 Å². The maximum Gasteiger partial charge on any atom is 0.328 e. The summed E-state index contributed by atoms with van der Waals surface area (Å²) in [5.74, 6) is -0.526. The minimum absolute atomic E-state index is 0.147. The van der Waals surface area contributed by atoms with Crippen molar-refractivity contribution >= 4 is 54.4 Å². The molecule has 2 aromatic carbocycles. The highest BCUT2D eigenvalue weighted by molar-refractivity contribution is 7.93. The number of anilines is 2. The molecule has 3 N–H and O–H groups in total. The van der Waals surface area contributed by atoms with Gasteiger partial charge >= 0.3 is 12.0 Å². The van der Waals surface area contributed by atoms with Gasteiger partial charge in [0.05, 0.1) is 21.7 Å². The van der Waals surface area contributed by atoms with Gasteiger partial charge in [-0.25, -0.2) is 23.0 Å².